The predicted octanol–water partition coefficient (Wildman–Crippen LogP) is 4.32. The van der Waals surface area contributed by atoms with E-state index in [1.165, 1.54) is 19.3 Å². The van der Waals surface area contributed by atoms with Crippen LogP contribution in [0.3, 0.4) is 0 Å². The van der Waals surface area contributed by atoms with Crippen molar-refractivity contribution in [3.63, 3.8) is 0 Å². The molecule has 0 aliphatic carbocycles. The van der Waals surface area contributed by atoms with Crippen LogP contribution in [0.5, 0.6) is 5.75 Å². The zero-order chi connectivity index (χ0) is 10.9. The van der Waals surface area contributed by atoms with E-state index in [2.05, 4.69) is 28.6 Å². The van der Waals surface area contributed by atoms with E-state index in [-0.39, 0.29) is 0 Å². The zero-order valence-corrected chi connectivity index (χ0v) is 11.3. The largest absolute Gasteiger partial charge is 0.494 e. The highest BCUT2D eigenvalue weighted by molar-refractivity contribution is 9.10. The first kappa shape index (κ1) is 12.9. The number of halogens is 1. The Hall–Kier alpha value is -0.150. The van der Waals surface area contributed by atoms with Crippen LogP contribution in [0.15, 0.2) is 28.7 Å². The highest BCUT2D eigenvalue weighted by atomic mass is 79.9. The summed E-state index contributed by atoms with van der Waals surface area (Å²) in [4.78, 5) is 0. The number of hydrogen-bond donors (Lipinski definition) is 1. The van der Waals surface area contributed by atoms with Gasteiger partial charge in [0.25, 0.3) is 0 Å². The van der Waals surface area contributed by atoms with Crippen molar-refractivity contribution in [3.05, 3.63) is 28.7 Å². The van der Waals surface area contributed by atoms with Gasteiger partial charge in [0, 0.05) is 4.47 Å². The van der Waals surface area contributed by atoms with E-state index in [1.54, 1.807) is 0 Å². The molecule has 0 N–H and O–H groups in total. The molecule has 15 heavy (non-hydrogen) atoms. The van der Waals surface area contributed by atoms with Gasteiger partial charge >= 0.3 is 0 Å². The molecule has 1 aromatic rings. The molecular formula is C12H17BrOS. The lowest BCUT2D eigenvalue weighted by atomic mass is 10.2. The SMILES string of the molecule is SCCCCCCOc1ccc(Br)cc1. The van der Waals surface area contributed by atoms with Gasteiger partial charge in [-0.3, -0.25) is 0 Å². The average molecular weight is 289 g/mol. The molecule has 0 unspecified atom stereocenters. The smallest absolute Gasteiger partial charge is 0.119 e. The molecule has 0 aliphatic heterocycles. The van der Waals surface area contributed by atoms with Crippen LogP contribution in [0.1, 0.15) is 25.7 Å². The lowest BCUT2D eigenvalue weighted by Gasteiger charge is -2.05. The molecule has 0 amide bonds. The summed E-state index contributed by atoms with van der Waals surface area (Å²) in [6.45, 7) is 0.814. The Balaban J connectivity index is 2.07. The van der Waals surface area contributed by atoms with E-state index in [4.69, 9.17) is 4.74 Å². The number of thiol groups is 1. The fourth-order valence-electron chi connectivity index (χ4n) is 1.29. The van der Waals surface area contributed by atoms with Crippen molar-refractivity contribution in [1.82, 2.24) is 0 Å². The van der Waals surface area contributed by atoms with Crippen molar-refractivity contribution >= 4 is 28.6 Å². The van der Waals surface area contributed by atoms with E-state index in [0.717, 1.165) is 29.0 Å². The Morgan fingerprint density at radius 3 is 2.33 bits per heavy atom. The molecule has 0 atom stereocenters. The minimum atomic E-state index is 0.814. The number of unbranched alkanes of at least 4 members (excludes halogenated alkanes) is 3. The van der Waals surface area contributed by atoms with Gasteiger partial charge in [-0.15, -0.1) is 0 Å². The van der Waals surface area contributed by atoms with E-state index in [0.29, 0.717) is 0 Å². The quantitative estimate of drug-likeness (QED) is 0.581. The Bertz CT molecular complexity index is 261. The summed E-state index contributed by atoms with van der Waals surface area (Å²) in [5, 5.41) is 0. The minimum absolute atomic E-state index is 0.814. The molecule has 0 fully saturated rings. The Labute approximate surface area is 106 Å². The number of hydrogen-bond acceptors (Lipinski definition) is 2. The number of ether oxygens (including phenoxy) is 1. The van der Waals surface area contributed by atoms with Gasteiger partial charge in [-0.2, -0.15) is 12.6 Å². The lowest BCUT2D eigenvalue weighted by molar-refractivity contribution is 0.305. The Kier molecular flexibility index (Phi) is 6.94. The Morgan fingerprint density at radius 1 is 1.00 bits per heavy atom. The second-order valence-corrected chi connectivity index (χ2v) is 4.80. The minimum Gasteiger partial charge on any atom is -0.494 e. The molecule has 1 aromatic carbocycles. The topological polar surface area (TPSA) is 9.23 Å². The number of benzene rings is 1. The highest BCUT2D eigenvalue weighted by Gasteiger charge is 1.93. The van der Waals surface area contributed by atoms with Crippen LogP contribution in [0.25, 0.3) is 0 Å². The van der Waals surface area contributed by atoms with Crippen molar-refractivity contribution in [2.24, 2.45) is 0 Å². The van der Waals surface area contributed by atoms with Crippen molar-refractivity contribution in [2.45, 2.75) is 25.7 Å². The normalized spacial score (nSPS) is 10.3. The second kappa shape index (κ2) is 8.05. The molecule has 3 heteroatoms. The van der Waals surface area contributed by atoms with Gasteiger partial charge in [-0.25, -0.2) is 0 Å². The van der Waals surface area contributed by atoms with Gasteiger partial charge in [0.15, 0.2) is 0 Å². The third kappa shape index (κ3) is 6.10. The highest BCUT2D eigenvalue weighted by Crippen LogP contribution is 2.16. The summed E-state index contributed by atoms with van der Waals surface area (Å²) in [5.41, 5.74) is 0. The van der Waals surface area contributed by atoms with Gasteiger partial charge < -0.3 is 4.74 Å². The van der Waals surface area contributed by atoms with Gasteiger partial charge in [0.05, 0.1) is 6.61 Å². The van der Waals surface area contributed by atoms with Crippen LogP contribution in [-0.2, 0) is 0 Å². The first-order valence-electron chi connectivity index (χ1n) is 5.32. The molecule has 1 nitrogen and oxygen atoms in total. The molecule has 84 valence electrons. The predicted molar refractivity (Wildman–Crippen MR) is 72.0 cm³/mol. The lowest BCUT2D eigenvalue weighted by Crippen LogP contribution is -1.97. The fourth-order valence-corrected chi connectivity index (χ4v) is 1.78. The molecule has 0 radical (unpaired) electrons. The molecule has 0 saturated heterocycles. The third-order valence-electron chi connectivity index (χ3n) is 2.13. The maximum absolute atomic E-state index is 5.60. The molecular weight excluding hydrogens is 272 g/mol. The van der Waals surface area contributed by atoms with Crippen LogP contribution in [0.4, 0.5) is 0 Å². The molecule has 0 bridgehead atoms. The monoisotopic (exact) mass is 288 g/mol. The summed E-state index contributed by atoms with van der Waals surface area (Å²) in [5.74, 6) is 1.94. The fraction of sp³-hybridized carbons (Fsp3) is 0.500. The summed E-state index contributed by atoms with van der Waals surface area (Å²) in [7, 11) is 0. The van der Waals surface area contributed by atoms with Crippen LogP contribution < -0.4 is 4.74 Å². The average Bonchev–Trinajstić information content (AvgIpc) is 2.26. The Morgan fingerprint density at radius 2 is 1.67 bits per heavy atom. The number of rotatable bonds is 7. The van der Waals surface area contributed by atoms with Crippen molar-refractivity contribution in [2.75, 3.05) is 12.4 Å². The molecule has 1 rings (SSSR count). The van der Waals surface area contributed by atoms with Gasteiger partial charge in [0.1, 0.15) is 5.75 Å². The van der Waals surface area contributed by atoms with Crippen molar-refractivity contribution < 1.29 is 4.74 Å². The summed E-state index contributed by atoms with van der Waals surface area (Å²) < 4.78 is 6.69. The molecule has 0 heterocycles. The van der Waals surface area contributed by atoms with Gasteiger partial charge in [-0.05, 0) is 42.9 Å². The van der Waals surface area contributed by atoms with Crippen molar-refractivity contribution in [1.29, 1.82) is 0 Å². The zero-order valence-electron chi connectivity index (χ0n) is 8.79. The van der Waals surface area contributed by atoms with Crippen LogP contribution in [0.2, 0.25) is 0 Å². The maximum Gasteiger partial charge on any atom is 0.119 e. The van der Waals surface area contributed by atoms with Crippen LogP contribution >= 0.6 is 28.6 Å². The summed E-state index contributed by atoms with van der Waals surface area (Å²) >= 11 is 7.57. The summed E-state index contributed by atoms with van der Waals surface area (Å²) in [6, 6.07) is 7.96. The first-order valence-corrected chi connectivity index (χ1v) is 6.74. The molecule has 0 aliphatic rings. The summed E-state index contributed by atoms with van der Waals surface area (Å²) in [6.07, 6.45) is 4.83. The van der Waals surface area contributed by atoms with E-state index >= 15 is 0 Å². The second-order valence-electron chi connectivity index (χ2n) is 3.44. The van der Waals surface area contributed by atoms with Gasteiger partial charge in [0.2, 0.25) is 0 Å². The molecule has 0 aromatic heterocycles. The molecule has 0 saturated carbocycles. The standard InChI is InChI=1S/C12H17BrOS/c13-11-5-7-12(8-6-11)14-9-3-1-2-4-10-15/h5-8,15H,1-4,9-10H2. The molecule has 0 spiro atoms. The van der Waals surface area contributed by atoms with Crippen molar-refractivity contribution in [3.8, 4) is 5.75 Å². The van der Waals surface area contributed by atoms with Crippen LogP contribution in [0, 0.1) is 0 Å². The van der Waals surface area contributed by atoms with E-state index in [1.807, 2.05) is 24.3 Å². The van der Waals surface area contributed by atoms with E-state index in [9.17, 15) is 0 Å². The first-order chi connectivity index (χ1) is 7.33. The maximum atomic E-state index is 5.60. The van der Waals surface area contributed by atoms with Gasteiger partial charge in [-0.1, -0.05) is 28.8 Å². The van der Waals surface area contributed by atoms with E-state index < -0.39 is 0 Å². The third-order valence-corrected chi connectivity index (χ3v) is 2.98. The van der Waals surface area contributed by atoms with Crippen LogP contribution in [-0.4, -0.2) is 12.4 Å².